The van der Waals surface area contributed by atoms with E-state index in [2.05, 4.69) is 4.98 Å². The van der Waals surface area contributed by atoms with E-state index >= 15 is 0 Å². The molecule has 1 aromatic heterocycles. The third kappa shape index (κ3) is 3.67. The molecular formula is C17H23N3O4. The lowest BCUT2D eigenvalue weighted by atomic mass is 9.95. The van der Waals surface area contributed by atoms with Crippen molar-refractivity contribution in [1.29, 1.82) is 0 Å². The fourth-order valence-corrected chi connectivity index (χ4v) is 3.22. The molecule has 2 aliphatic heterocycles. The quantitative estimate of drug-likeness (QED) is 0.818. The fourth-order valence-electron chi connectivity index (χ4n) is 3.22. The molecule has 0 bridgehead atoms. The Balaban J connectivity index is 1.63. The Morgan fingerprint density at radius 2 is 2.00 bits per heavy atom. The number of amides is 2. The van der Waals surface area contributed by atoms with Gasteiger partial charge in [0.2, 0.25) is 11.8 Å². The number of nitrogens with zero attached hydrogens (tertiary/aromatic N) is 3. The molecule has 130 valence electrons. The standard InChI is InChI=1S/C17H23N3O4/c1-23-15-5-4-13(11-18-15)16(21)20-6-2-3-14(12-20)17(22)19-7-9-24-10-8-19/h4-5,11,14H,2-3,6-10,12H2,1H3. The maximum Gasteiger partial charge on any atom is 0.255 e. The second-order valence-electron chi connectivity index (χ2n) is 6.12. The van der Waals surface area contributed by atoms with Crippen LogP contribution < -0.4 is 4.74 Å². The molecule has 1 unspecified atom stereocenters. The van der Waals surface area contributed by atoms with Gasteiger partial charge in [-0.2, -0.15) is 0 Å². The van der Waals surface area contributed by atoms with Crippen molar-refractivity contribution in [3.05, 3.63) is 23.9 Å². The molecule has 7 nitrogen and oxygen atoms in total. The Labute approximate surface area is 141 Å². The van der Waals surface area contributed by atoms with E-state index in [1.807, 2.05) is 4.90 Å². The number of ether oxygens (including phenoxy) is 2. The highest BCUT2D eigenvalue weighted by Gasteiger charge is 2.32. The van der Waals surface area contributed by atoms with E-state index in [1.165, 1.54) is 13.3 Å². The third-order valence-corrected chi connectivity index (χ3v) is 4.57. The summed E-state index contributed by atoms with van der Waals surface area (Å²) in [4.78, 5) is 33.0. The lowest BCUT2D eigenvalue weighted by Crippen LogP contribution is -2.49. The van der Waals surface area contributed by atoms with Crippen LogP contribution in [0.25, 0.3) is 0 Å². The van der Waals surface area contributed by atoms with Gasteiger partial charge in [-0.1, -0.05) is 0 Å². The molecule has 1 atom stereocenters. The average Bonchev–Trinajstić information content (AvgIpc) is 2.67. The van der Waals surface area contributed by atoms with Gasteiger partial charge in [0.25, 0.3) is 5.91 Å². The maximum atomic E-state index is 12.6. The summed E-state index contributed by atoms with van der Waals surface area (Å²) >= 11 is 0. The molecule has 2 fully saturated rings. The zero-order chi connectivity index (χ0) is 16.9. The Hall–Kier alpha value is -2.15. The second kappa shape index (κ2) is 7.61. The number of morpholine rings is 1. The van der Waals surface area contributed by atoms with Gasteiger partial charge in [0.1, 0.15) is 0 Å². The minimum atomic E-state index is -0.119. The predicted octanol–water partition coefficient (Wildman–Crippen LogP) is 0.801. The van der Waals surface area contributed by atoms with Crippen LogP contribution in [0, 0.1) is 5.92 Å². The molecule has 2 aliphatic rings. The molecule has 7 heteroatoms. The highest BCUT2D eigenvalue weighted by molar-refractivity contribution is 5.94. The van der Waals surface area contributed by atoms with Crippen molar-refractivity contribution in [3.8, 4) is 5.88 Å². The molecule has 3 rings (SSSR count). The number of hydrogen-bond donors (Lipinski definition) is 0. The van der Waals surface area contributed by atoms with Crippen molar-refractivity contribution in [1.82, 2.24) is 14.8 Å². The first-order valence-corrected chi connectivity index (χ1v) is 8.35. The molecule has 0 aromatic carbocycles. The van der Waals surface area contributed by atoms with Crippen molar-refractivity contribution < 1.29 is 19.1 Å². The van der Waals surface area contributed by atoms with Crippen molar-refractivity contribution in [2.45, 2.75) is 12.8 Å². The van der Waals surface area contributed by atoms with E-state index < -0.39 is 0 Å². The minimum Gasteiger partial charge on any atom is -0.481 e. The van der Waals surface area contributed by atoms with Crippen molar-refractivity contribution >= 4 is 11.8 Å². The van der Waals surface area contributed by atoms with Crippen molar-refractivity contribution in [2.24, 2.45) is 5.92 Å². The largest absolute Gasteiger partial charge is 0.481 e. The molecule has 2 saturated heterocycles. The van der Waals surface area contributed by atoms with Gasteiger partial charge in [0.05, 0.1) is 31.8 Å². The Bertz CT molecular complexity index is 584. The first-order chi connectivity index (χ1) is 11.7. The van der Waals surface area contributed by atoms with Crippen LogP contribution in [0.15, 0.2) is 18.3 Å². The Morgan fingerprint density at radius 3 is 2.67 bits per heavy atom. The van der Waals surface area contributed by atoms with E-state index in [0.717, 1.165) is 12.8 Å². The van der Waals surface area contributed by atoms with Crippen LogP contribution in [0.1, 0.15) is 23.2 Å². The molecule has 0 spiro atoms. The van der Waals surface area contributed by atoms with Crippen LogP contribution in [-0.4, -0.2) is 73.1 Å². The summed E-state index contributed by atoms with van der Waals surface area (Å²) in [7, 11) is 1.54. The molecule has 3 heterocycles. The van der Waals surface area contributed by atoms with Crippen molar-refractivity contribution in [2.75, 3.05) is 46.5 Å². The van der Waals surface area contributed by atoms with Crippen LogP contribution in [0.5, 0.6) is 5.88 Å². The summed E-state index contributed by atoms with van der Waals surface area (Å²) in [6.07, 6.45) is 3.20. The predicted molar refractivity (Wildman–Crippen MR) is 86.8 cm³/mol. The summed E-state index contributed by atoms with van der Waals surface area (Å²) in [5, 5.41) is 0. The number of carbonyl (C=O) groups is 2. The second-order valence-corrected chi connectivity index (χ2v) is 6.12. The Kier molecular flexibility index (Phi) is 5.30. The summed E-state index contributed by atoms with van der Waals surface area (Å²) in [6, 6.07) is 3.38. The number of aromatic nitrogens is 1. The highest BCUT2D eigenvalue weighted by atomic mass is 16.5. The minimum absolute atomic E-state index is 0.0790. The number of methoxy groups -OCH3 is 1. The fraction of sp³-hybridized carbons (Fsp3) is 0.588. The number of rotatable bonds is 3. The molecule has 0 N–H and O–H groups in total. The van der Waals surface area contributed by atoms with Gasteiger partial charge in [0.15, 0.2) is 0 Å². The first kappa shape index (κ1) is 16.7. The van der Waals surface area contributed by atoms with E-state index in [-0.39, 0.29) is 17.7 Å². The van der Waals surface area contributed by atoms with Crippen LogP contribution in [0.2, 0.25) is 0 Å². The van der Waals surface area contributed by atoms with E-state index in [9.17, 15) is 9.59 Å². The number of likely N-dealkylation sites (tertiary alicyclic amines) is 1. The van der Waals surface area contributed by atoms with E-state index in [1.54, 1.807) is 17.0 Å². The molecular weight excluding hydrogens is 310 g/mol. The lowest BCUT2D eigenvalue weighted by molar-refractivity contribution is -0.141. The topological polar surface area (TPSA) is 72.0 Å². The zero-order valence-electron chi connectivity index (χ0n) is 13.9. The Morgan fingerprint density at radius 1 is 1.21 bits per heavy atom. The highest BCUT2D eigenvalue weighted by Crippen LogP contribution is 2.21. The van der Waals surface area contributed by atoms with Gasteiger partial charge in [-0.25, -0.2) is 4.98 Å². The average molecular weight is 333 g/mol. The number of hydrogen-bond acceptors (Lipinski definition) is 5. The number of carbonyl (C=O) groups excluding carboxylic acids is 2. The van der Waals surface area contributed by atoms with Crippen LogP contribution >= 0.6 is 0 Å². The molecule has 24 heavy (non-hydrogen) atoms. The van der Waals surface area contributed by atoms with Crippen LogP contribution in [0.3, 0.4) is 0 Å². The van der Waals surface area contributed by atoms with Gasteiger partial charge in [-0.3, -0.25) is 9.59 Å². The van der Waals surface area contributed by atoms with Gasteiger partial charge in [0, 0.05) is 38.4 Å². The SMILES string of the molecule is COc1ccc(C(=O)N2CCCC(C(=O)N3CCOCC3)C2)cn1. The zero-order valence-corrected chi connectivity index (χ0v) is 13.9. The molecule has 0 aliphatic carbocycles. The summed E-state index contributed by atoms with van der Waals surface area (Å²) in [5.41, 5.74) is 0.523. The summed E-state index contributed by atoms with van der Waals surface area (Å²) in [5.74, 6) is 0.422. The number of piperidine rings is 1. The van der Waals surface area contributed by atoms with Crippen LogP contribution in [0.4, 0.5) is 0 Å². The van der Waals surface area contributed by atoms with Gasteiger partial charge >= 0.3 is 0 Å². The molecule has 0 radical (unpaired) electrons. The molecule has 2 amide bonds. The normalized spacial score (nSPS) is 21.5. The number of pyridine rings is 1. The summed E-state index contributed by atoms with van der Waals surface area (Å²) in [6.45, 7) is 3.63. The van der Waals surface area contributed by atoms with E-state index in [4.69, 9.17) is 9.47 Å². The van der Waals surface area contributed by atoms with Gasteiger partial charge in [-0.15, -0.1) is 0 Å². The maximum absolute atomic E-state index is 12.6. The van der Waals surface area contributed by atoms with Gasteiger partial charge in [-0.05, 0) is 18.9 Å². The van der Waals surface area contributed by atoms with Crippen LogP contribution in [-0.2, 0) is 9.53 Å². The monoisotopic (exact) mass is 333 g/mol. The van der Waals surface area contributed by atoms with Crippen molar-refractivity contribution in [3.63, 3.8) is 0 Å². The molecule has 0 saturated carbocycles. The molecule has 1 aromatic rings. The third-order valence-electron chi connectivity index (χ3n) is 4.57. The lowest BCUT2D eigenvalue weighted by Gasteiger charge is -2.36. The van der Waals surface area contributed by atoms with E-state index in [0.29, 0.717) is 50.8 Å². The first-order valence-electron chi connectivity index (χ1n) is 8.35. The smallest absolute Gasteiger partial charge is 0.255 e. The van der Waals surface area contributed by atoms with Gasteiger partial charge < -0.3 is 19.3 Å². The summed E-state index contributed by atoms with van der Waals surface area (Å²) < 4.78 is 10.3.